The highest BCUT2D eigenvalue weighted by Crippen LogP contribution is 2.33. The van der Waals surface area contributed by atoms with Crippen LogP contribution in [0.5, 0.6) is 5.75 Å². The van der Waals surface area contributed by atoms with E-state index in [1.54, 1.807) is 37.3 Å². The first kappa shape index (κ1) is 17.7. The second-order valence-electron chi connectivity index (χ2n) is 6.58. The number of nitrogens with zero attached hydrogens (tertiary/aromatic N) is 2. The number of hydrogen-bond acceptors (Lipinski definition) is 6. The van der Waals surface area contributed by atoms with Gasteiger partial charge in [-0.05, 0) is 50.1 Å². The minimum absolute atomic E-state index is 0.190. The van der Waals surface area contributed by atoms with E-state index in [2.05, 4.69) is 15.6 Å². The lowest BCUT2D eigenvalue weighted by Gasteiger charge is -2.23. The Balaban J connectivity index is 1.51. The zero-order valence-corrected chi connectivity index (χ0v) is 15.6. The first-order chi connectivity index (χ1) is 12.9. The number of aromatic nitrogens is 1. The number of nitrogens with one attached hydrogen (secondary N) is 2. The molecule has 8 nitrogen and oxygen atoms in total. The summed E-state index contributed by atoms with van der Waals surface area (Å²) in [6.07, 6.45) is 2.62. The largest absolute Gasteiger partial charge is 0.479 e. The lowest BCUT2D eigenvalue weighted by molar-refractivity contribution is -0.122. The van der Waals surface area contributed by atoms with Gasteiger partial charge >= 0.3 is 0 Å². The molecule has 2 aliphatic rings. The third-order valence-electron chi connectivity index (χ3n) is 4.62. The molecule has 0 spiro atoms. The van der Waals surface area contributed by atoms with Crippen LogP contribution in [0.15, 0.2) is 41.4 Å². The smallest absolute Gasteiger partial charge is 0.265 e. The molecule has 2 N–H and O–H groups in total. The van der Waals surface area contributed by atoms with Crippen LogP contribution in [-0.4, -0.2) is 42.8 Å². The molecule has 0 bridgehead atoms. The average Bonchev–Trinajstić information content (AvgIpc) is 3.19. The number of sulfonamides is 1. The van der Waals surface area contributed by atoms with Crippen molar-refractivity contribution < 1.29 is 17.9 Å². The summed E-state index contributed by atoms with van der Waals surface area (Å²) in [4.78, 5) is 16.1. The zero-order valence-electron chi connectivity index (χ0n) is 14.8. The van der Waals surface area contributed by atoms with Crippen LogP contribution in [0.3, 0.4) is 0 Å². The van der Waals surface area contributed by atoms with Gasteiger partial charge in [-0.1, -0.05) is 0 Å². The molecule has 1 aromatic heterocycles. The van der Waals surface area contributed by atoms with Crippen molar-refractivity contribution >= 4 is 33.1 Å². The standard InChI is InChI=1S/C18H20N4O4S/c1-12-18(23)21-15-10-13(4-6-16(15)26-12)20-17-7-5-14(11-19-17)27(24,25)22-8-2-3-9-22/h4-7,10-12H,2-3,8-9H2,1H3,(H,19,20)(H,21,23)/t12-/m1/s1. The Kier molecular flexibility index (Phi) is 4.48. The van der Waals surface area contributed by atoms with Crippen molar-refractivity contribution in [1.29, 1.82) is 0 Å². The van der Waals surface area contributed by atoms with Gasteiger partial charge in [0.15, 0.2) is 6.10 Å². The van der Waals surface area contributed by atoms with E-state index in [1.807, 2.05) is 0 Å². The fourth-order valence-electron chi connectivity index (χ4n) is 3.12. The van der Waals surface area contributed by atoms with Crippen LogP contribution in [0.25, 0.3) is 0 Å². The Morgan fingerprint density at radius 3 is 2.70 bits per heavy atom. The maximum absolute atomic E-state index is 12.5. The SMILES string of the molecule is C[C@H]1Oc2ccc(Nc3ccc(S(=O)(=O)N4CCCC4)cn3)cc2NC1=O. The summed E-state index contributed by atoms with van der Waals surface area (Å²) >= 11 is 0. The van der Waals surface area contributed by atoms with E-state index in [4.69, 9.17) is 4.74 Å². The summed E-state index contributed by atoms with van der Waals surface area (Å²) in [5.74, 6) is 0.911. The van der Waals surface area contributed by atoms with E-state index in [1.165, 1.54) is 10.5 Å². The lowest BCUT2D eigenvalue weighted by Crippen LogP contribution is -2.34. The van der Waals surface area contributed by atoms with E-state index >= 15 is 0 Å². The van der Waals surface area contributed by atoms with Crippen LogP contribution in [0.1, 0.15) is 19.8 Å². The van der Waals surface area contributed by atoms with Crippen LogP contribution in [-0.2, 0) is 14.8 Å². The molecule has 9 heteroatoms. The number of rotatable bonds is 4. The molecule has 1 aromatic carbocycles. The quantitative estimate of drug-likeness (QED) is 0.834. The molecule has 2 aliphatic heterocycles. The number of ether oxygens (including phenoxy) is 1. The molecular weight excluding hydrogens is 368 g/mol. The monoisotopic (exact) mass is 388 g/mol. The van der Waals surface area contributed by atoms with Gasteiger partial charge in [0.25, 0.3) is 5.91 Å². The van der Waals surface area contributed by atoms with Crippen LogP contribution >= 0.6 is 0 Å². The van der Waals surface area contributed by atoms with E-state index in [-0.39, 0.29) is 10.8 Å². The highest BCUT2D eigenvalue weighted by Gasteiger charge is 2.27. The summed E-state index contributed by atoms with van der Waals surface area (Å²) in [5, 5.41) is 5.89. The van der Waals surface area contributed by atoms with Gasteiger partial charge in [0, 0.05) is 25.0 Å². The molecule has 0 aliphatic carbocycles. The molecular formula is C18H20N4O4S. The predicted molar refractivity (Wildman–Crippen MR) is 101 cm³/mol. The van der Waals surface area contributed by atoms with Crippen LogP contribution in [0, 0.1) is 0 Å². The van der Waals surface area contributed by atoms with E-state index in [9.17, 15) is 13.2 Å². The zero-order chi connectivity index (χ0) is 19.0. The van der Waals surface area contributed by atoms with Gasteiger partial charge in [0.2, 0.25) is 10.0 Å². The second-order valence-corrected chi connectivity index (χ2v) is 8.51. The van der Waals surface area contributed by atoms with Gasteiger partial charge in [0.05, 0.1) is 5.69 Å². The minimum atomic E-state index is -3.47. The fourth-order valence-corrected chi connectivity index (χ4v) is 4.58. The maximum Gasteiger partial charge on any atom is 0.265 e. The van der Waals surface area contributed by atoms with Gasteiger partial charge in [-0.15, -0.1) is 0 Å². The molecule has 0 saturated carbocycles. The van der Waals surface area contributed by atoms with Gasteiger partial charge in [-0.25, -0.2) is 13.4 Å². The minimum Gasteiger partial charge on any atom is -0.479 e. The normalized spacial score (nSPS) is 19.9. The average molecular weight is 388 g/mol. The van der Waals surface area contributed by atoms with Crippen molar-refractivity contribution in [1.82, 2.24) is 9.29 Å². The molecule has 0 unspecified atom stereocenters. The number of fused-ring (bicyclic) bond motifs is 1. The summed E-state index contributed by atoms with van der Waals surface area (Å²) in [6, 6.07) is 8.49. The third-order valence-corrected chi connectivity index (χ3v) is 6.50. The number of benzene rings is 1. The molecule has 3 heterocycles. The Labute approximate surface area is 157 Å². The van der Waals surface area contributed by atoms with Crippen LogP contribution in [0.4, 0.5) is 17.2 Å². The molecule has 1 atom stereocenters. The topological polar surface area (TPSA) is 101 Å². The molecule has 4 rings (SSSR count). The summed E-state index contributed by atoms with van der Waals surface area (Å²) in [6.45, 7) is 2.81. The van der Waals surface area contributed by atoms with Crippen LogP contribution < -0.4 is 15.4 Å². The van der Waals surface area contributed by atoms with Crippen molar-refractivity contribution in [3.8, 4) is 5.75 Å². The number of anilines is 3. The van der Waals surface area contributed by atoms with Gasteiger partial charge in [-0.3, -0.25) is 4.79 Å². The van der Waals surface area contributed by atoms with Crippen LogP contribution in [0.2, 0.25) is 0 Å². The molecule has 1 saturated heterocycles. The van der Waals surface area contributed by atoms with Gasteiger partial charge in [-0.2, -0.15) is 4.31 Å². The van der Waals surface area contributed by atoms with Crippen molar-refractivity contribution in [2.24, 2.45) is 0 Å². The number of pyridine rings is 1. The van der Waals surface area contributed by atoms with Crippen molar-refractivity contribution in [2.75, 3.05) is 23.7 Å². The Bertz CT molecular complexity index is 969. The first-order valence-electron chi connectivity index (χ1n) is 8.78. The second kappa shape index (κ2) is 6.82. The van der Waals surface area contributed by atoms with Gasteiger partial charge < -0.3 is 15.4 Å². The molecule has 27 heavy (non-hydrogen) atoms. The van der Waals surface area contributed by atoms with Gasteiger partial charge in [0.1, 0.15) is 16.5 Å². The van der Waals surface area contributed by atoms with Crippen molar-refractivity contribution in [3.63, 3.8) is 0 Å². The Morgan fingerprint density at radius 1 is 1.22 bits per heavy atom. The molecule has 1 amide bonds. The first-order valence-corrected chi connectivity index (χ1v) is 10.2. The maximum atomic E-state index is 12.5. The highest BCUT2D eigenvalue weighted by atomic mass is 32.2. The lowest BCUT2D eigenvalue weighted by atomic mass is 10.2. The number of amides is 1. The van der Waals surface area contributed by atoms with E-state index < -0.39 is 16.1 Å². The number of carbonyl (C=O) groups excluding carboxylic acids is 1. The summed E-state index contributed by atoms with van der Waals surface area (Å²) in [5.41, 5.74) is 1.28. The third kappa shape index (κ3) is 3.47. The molecule has 1 fully saturated rings. The van der Waals surface area contributed by atoms with Crippen molar-refractivity contribution in [2.45, 2.75) is 30.8 Å². The highest BCUT2D eigenvalue weighted by molar-refractivity contribution is 7.89. The number of carbonyl (C=O) groups is 1. The van der Waals surface area contributed by atoms with Crippen molar-refractivity contribution in [3.05, 3.63) is 36.5 Å². The van der Waals surface area contributed by atoms with E-state index in [0.29, 0.717) is 36.0 Å². The molecule has 0 radical (unpaired) electrons. The molecule has 142 valence electrons. The molecule has 2 aromatic rings. The predicted octanol–water partition coefficient (Wildman–Crippen LogP) is 2.33. The Hall–Kier alpha value is -2.65. The Morgan fingerprint density at radius 2 is 2.00 bits per heavy atom. The summed E-state index contributed by atoms with van der Waals surface area (Å²) in [7, 11) is -3.47. The number of hydrogen-bond donors (Lipinski definition) is 2. The summed E-state index contributed by atoms with van der Waals surface area (Å²) < 4.78 is 32.1. The fraction of sp³-hybridized carbons (Fsp3) is 0.333. The van der Waals surface area contributed by atoms with E-state index in [0.717, 1.165) is 12.8 Å².